The molecule has 0 saturated carbocycles. The third kappa shape index (κ3) is 8.83. The minimum absolute atomic E-state index is 0.0208. The monoisotopic (exact) mass is 407 g/mol. The molecular formula is C22H33NO6. The number of carbonyl (C=O) groups excluding carboxylic acids is 2. The zero-order valence-corrected chi connectivity index (χ0v) is 18.0. The molecule has 0 radical (unpaired) electrons. The Morgan fingerprint density at radius 3 is 2.52 bits per heavy atom. The van der Waals surface area contributed by atoms with E-state index in [0.29, 0.717) is 19.4 Å². The number of amides is 1. The highest BCUT2D eigenvalue weighted by molar-refractivity contribution is 5.81. The summed E-state index contributed by atoms with van der Waals surface area (Å²) in [6, 6.07) is 8.62. The standard InChI is InChI=1S/C22H33NO6/c1-21(2,3)29-20(25)23-18(13-9-12-17-15-27-22(4,5)28-17)19(24)26-14-16-10-7-6-8-11-16/h6-8,10-11,17-18H,9,12-15H2,1-5H3,(H,23,25)/t17-,18+/m0/s1. The molecule has 7 nitrogen and oxygen atoms in total. The van der Waals surface area contributed by atoms with Crippen LogP contribution >= 0.6 is 0 Å². The molecule has 1 heterocycles. The fraction of sp³-hybridized carbons (Fsp3) is 0.636. The normalized spacial score (nSPS) is 19.4. The summed E-state index contributed by atoms with van der Waals surface area (Å²) >= 11 is 0. The van der Waals surface area contributed by atoms with Crippen molar-refractivity contribution >= 4 is 12.1 Å². The number of hydrogen-bond donors (Lipinski definition) is 1. The average Bonchev–Trinajstić information content (AvgIpc) is 2.97. The molecule has 1 aromatic carbocycles. The first-order valence-corrected chi connectivity index (χ1v) is 10.1. The number of esters is 1. The lowest BCUT2D eigenvalue weighted by molar-refractivity contribution is -0.148. The first kappa shape index (κ1) is 23.2. The van der Waals surface area contributed by atoms with Gasteiger partial charge in [-0.2, -0.15) is 0 Å². The number of rotatable bonds is 8. The summed E-state index contributed by atoms with van der Waals surface area (Å²) in [5.74, 6) is -1.06. The van der Waals surface area contributed by atoms with Crippen LogP contribution in [0.5, 0.6) is 0 Å². The smallest absolute Gasteiger partial charge is 0.408 e. The molecule has 29 heavy (non-hydrogen) atoms. The number of ether oxygens (including phenoxy) is 4. The summed E-state index contributed by atoms with van der Waals surface area (Å²) in [4.78, 5) is 24.8. The molecule has 0 aromatic heterocycles. The summed E-state index contributed by atoms with van der Waals surface area (Å²) in [7, 11) is 0. The van der Waals surface area contributed by atoms with Crippen LogP contribution in [0.1, 0.15) is 59.4 Å². The molecule has 162 valence electrons. The summed E-state index contributed by atoms with van der Waals surface area (Å²) in [6.45, 7) is 9.74. The maximum absolute atomic E-state index is 12.6. The Balaban J connectivity index is 1.89. The molecule has 1 saturated heterocycles. The van der Waals surface area contributed by atoms with Gasteiger partial charge >= 0.3 is 12.1 Å². The van der Waals surface area contributed by atoms with Crippen LogP contribution in [0.25, 0.3) is 0 Å². The van der Waals surface area contributed by atoms with Gasteiger partial charge < -0.3 is 24.3 Å². The van der Waals surface area contributed by atoms with E-state index in [0.717, 1.165) is 12.0 Å². The van der Waals surface area contributed by atoms with Crippen molar-refractivity contribution in [1.82, 2.24) is 5.32 Å². The lowest BCUT2D eigenvalue weighted by atomic mass is 10.1. The fourth-order valence-electron chi connectivity index (χ4n) is 2.98. The summed E-state index contributed by atoms with van der Waals surface area (Å²) in [5.41, 5.74) is 0.235. The molecule has 0 spiro atoms. The van der Waals surface area contributed by atoms with Crippen molar-refractivity contribution in [2.75, 3.05) is 6.61 Å². The molecule has 1 aliphatic heterocycles. The number of benzene rings is 1. The lowest BCUT2D eigenvalue weighted by Gasteiger charge is -2.23. The van der Waals surface area contributed by atoms with Crippen LogP contribution in [-0.2, 0) is 30.3 Å². The Bertz CT molecular complexity index is 668. The molecule has 1 fully saturated rings. The minimum atomic E-state index is -0.788. The average molecular weight is 408 g/mol. The van der Waals surface area contributed by atoms with Gasteiger partial charge in [-0.15, -0.1) is 0 Å². The number of hydrogen-bond acceptors (Lipinski definition) is 6. The summed E-state index contributed by atoms with van der Waals surface area (Å²) in [6.07, 6.45) is 1.16. The quantitative estimate of drug-likeness (QED) is 0.657. The molecule has 7 heteroatoms. The molecule has 0 unspecified atom stereocenters. The Morgan fingerprint density at radius 1 is 1.24 bits per heavy atom. The first-order chi connectivity index (χ1) is 13.5. The van der Waals surface area contributed by atoms with E-state index >= 15 is 0 Å². The SMILES string of the molecule is CC(C)(C)OC(=O)N[C@H](CCC[C@H]1COC(C)(C)O1)C(=O)OCc1ccccc1. The van der Waals surface area contributed by atoms with E-state index < -0.39 is 29.5 Å². The molecule has 2 rings (SSSR count). The van der Waals surface area contributed by atoms with Crippen molar-refractivity contribution in [3.8, 4) is 0 Å². The predicted octanol–water partition coefficient (Wildman–Crippen LogP) is 3.94. The second kappa shape index (κ2) is 10.1. The van der Waals surface area contributed by atoms with Crippen LogP contribution in [0.15, 0.2) is 30.3 Å². The van der Waals surface area contributed by atoms with E-state index in [-0.39, 0.29) is 12.7 Å². The van der Waals surface area contributed by atoms with E-state index in [4.69, 9.17) is 18.9 Å². The van der Waals surface area contributed by atoms with Crippen molar-refractivity contribution < 1.29 is 28.5 Å². The summed E-state index contributed by atoms with van der Waals surface area (Å²) in [5, 5.41) is 2.64. The van der Waals surface area contributed by atoms with Gasteiger partial charge in [-0.3, -0.25) is 0 Å². The maximum Gasteiger partial charge on any atom is 0.408 e. The molecule has 2 atom stereocenters. The third-order valence-electron chi connectivity index (χ3n) is 4.29. The number of nitrogens with one attached hydrogen (secondary N) is 1. The molecule has 0 aliphatic carbocycles. The van der Waals surface area contributed by atoms with Gasteiger partial charge in [0.25, 0.3) is 0 Å². The highest BCUT2D eigenvalue weighted by Gasteiger charge is 2.33. The van der Waals surface area contributed by atoms with Crippen molar-refractivity contribution in [1.29, 1.82) is 0 Å². The number of carbonyl (C=O) groups is 2. The second-order valence-corrected chi connectivity index (χ2v) is 8.67. The number of alkyl carbamates (subject to hydrolysis) is 1. The van der Waals surface area contributed by atoms with E-state index in [1.807, 2.05) is 44.2 Å². The van der Waals surface area contributed by atoms with Gasteiger partial charge in [0.05, 0.1) is 12.7 Å². The second-order valence-electron chi connectivity index (χ2n) is 8.67. The van der Waals surface area contributed by atoms with Gasteiger partial charge in [0.15, 0.2) is 5.79 Å². The van der Waals surface area contributed by atoms with Crippen LogP contribution in [0.3, 0.4) is 0 Å². The Labute approximate surface area is 173 Å². The Hall–Kier alpha value is -2.12. The van der Waals surface area contributed by atoms with Crippen LogP contribution in [0, 0.1) is 0 Å². The van der Waals surface area contributed by atoms with Gasteiger partial charge in [0.2, 0.25) is 0 Å². The molecular weight excluding hydrogens is 374 g/mol. The van der Waals surface area contributed by atoms with Crippen molar-refractivity contribution in [2.45, 2.75) is 84.0 Å². The van der Waals surface area contributed by atoms with Crippen molar-refractivity contribution in [3.63, 3.8) is 0 Å². The fourth-order valence-corrected chi connectivity index (χ4v) is 2.98. The topological polar surface area (TPSA) is 83.1 Å². The van der Waals surface area contributed by atoms with Crippen LogP contribution in [-0.4, -0.2) is 42.2 Å². The van der Waals surface area contributed by atoms with Gasteiger partial charge in [0.1, 0.15) is 18.2 Å². The van der Waals surface area contributed by atoms with E-state index in [1.165, 1.54) is 0 Å². The Morgan fingerprint density at radius 2 is 1.93 bits per heavy atom. The first-order valence-electron chi connectivity index (χ1n) is 10.1. The minimum Gasteiger partial charge on any atom is -0.459 e. The van der Waals surface area contributed by atoms with Crippen LogP contribution in [0.2, 0.25) is 0 Å². The molecule has 1 aromatic rings. The predicted molar refractivity (Wildman–Crippen MR) is 108 cm³/mol. The van der Waals surface area contributed by atoms with Gasteiger partial charge in [0, 0.05) is 0 Å². The molecule has 1 N–H and O–H groups in total. The van der Waals surface area contributed by atoms with Gasteiger partial charge in [-0.05, 0) is 59.4 Å². The van der Waals surface area contributed by atoms with Crippen LogP contribution < -0.4 is 5.32 Å². The molecule has 0 bridgehead atoms. The third-order valence-corrected chi connectivity index (χ3v) is 4.29. The van der Waals surface area contributed by atoms with Crippen molar-refractivity contribution in [3.05, 3.63) is 35.9 Å². The molecule has 1 aliphatic rings. The van der Waals surface area contributed by atoms with Gasteiger partial charge in [-0.1, -0.05) is 30.3 Å². The van der Waals surface area contributed by atoms with E-state index in [9.17, 15) is 9.59 Å². The van der Waals surface area contributed by atoms with Crippen LogP contribution in [0.4, 0.5) is 4.79 Å². The largest absolute Gasteiger partial charge is 0.459 e. The zero-order chi connectivity index (χ0) is 21.5. The van der Waals surface area contributed by atoms with E-state index in [2.05, 4.69) is 5.32 Å². The zero-order valence-electron chi connectivity index (χ0n) is 18.0. The highest BCUT2D eigenvalue weighted by Crippen LogP contribution is 2.25. The summed E-state index contributed by atoms with van der Waals surface area (Å²) < 4.78 is 22.1. The maximum atomic E-state index is 12.6. The van der Waals surface area contributed by atoms with Gasteiger partial charge in [-0.25, -0.2) is 9.59 Å². The lowest BCUT2D eigenvalue weighted by Crippen LogP contribution is -2.44. The Kier molecular flexibility index (Phi) is 8.05. The molecule has 1 amide bonds. The van der Waals surface area contributed by atoms with Crippen molar-refractivity contribution in [2.24, 2.45) is 0 Å². The van der Waals surface area contributed by atoms with E-state index in [1.54, 1.807) is 20.8 Å². The highest BCUT2D eigenvalue weighted by atomic mass is 16.7.